The van der Waals surface area contributed by atoms with Gasteiger partial charge in [-0.3, -0.25) is 0 Å². The molecule has 0 aromatic carbocycles. The van der Waals surface area contributed by atoms with Gasteiger partial charge in [0.25, 0.3) is 0 Å². The van der Waals surface area contributed by atoms with Crippen LogP contribution in [0.5, 0.6) is 0 Å². The van der Waals surface area contributed by atoms with E-state index in [1.54, 1.807) is 0 Å². The molecule has 88 valence electrons. The zero-order chi connectivity index (χ0) is 10.7. The predicted octanol–water partition coefficient (Wildman–Crippen LogP) is 0.526. The first-order chi connectivity index (χ1) is 7.29. The lowest BCUT2D eigenvalue weighted by Gasteiger charge is -2.25. The standard InChI is InChI=1S/C12H25N3/c1-13-12(7-10-3-5-14-8-10)11-4-6-15(2)9-11/h10-14H,3-9H2,1-2H3. The molecule has 15 heavy (non-hydrogen) atoms. The molecule has 2 heterocycles. The largest absolute Gasteiger partial charge is 0.317 e. The summed E-state index contributed by atoms with van der Waals surface area (Å²) in [7, 11) is 4.37. The maximum Gasteiger partial charge on any atom is 0.0108 e. The van der Waals surface area contributed by atoms with Gasteiger partial charge in [0, 0.05) is 12.6 Å². The number of rotatable bonds is 4. The summed E-state index contributed by atoms with van der Waals surface area (Å²) in [6, 6.07) is 0.736. The van der Waals surface area contributed by atoms with E-state index in [2.05, 4.69) is 29.6 Å². The van der Waals surface area contributed by atoms with Crippen LogP contribution < -0.4 is 10.6 Å². The molecule has 0 radical (unpaired) electrons. The van der Waals surface area contributed by atoms with Gasteiger partial charge in [-0.1, -0.05) is 0 Å². The maximum absolute atomic E-state index is 3.54. The van der Waals surface area contributed by atoms with Crippen molar-refractivity contribution < 1.29 is 0 Å². The second kappa shape index (κ2) is 5.28. The van der Waals surface area contributed by atoms with E-state index in [1.165, 1.54) is 45.4 Å². The molecular weight excluding hydrogens is 186 g/mol. The number of nitrogens with one attached hydrogen (secondary N) is 2. The highest BCUT2D eigenvalue weighted by atomic mass is 15.1. The Balaban J connectivity index is 1.80. The zero-order valence-electron chi connectivity index (χ0n) is 10.1. The molecule has 0 aromatic rings. The Morgan fingerprint density at radius 2 is 2.33 bits per heavy atom. The molecule has 0 aliphatic carbocycles. The molecule has 3 heteroatoms. The lowest BCUT2D eigenvalue weighted by Crippen LogP contribution is -2.37. The highest BCUT2D eigenvalue weighted by molar-refractivity contribution is 4.86. The summed E-state index contributed by atoms with van der Waals surface area (Å²) in [5.41, 5.74) is 0. The van der Waals surface area contributed by atoms with Crippen molar-refractivity contribution in [2.24, 2.45) is 11.8 Å². The number of hydrogen-bond acceptors (Lipinski definition) is 3. The smallest absolute Gasteiger partial charge is 0.0108 e. The van der Waals surface area contributed by atoms with Gasteiger partial charge in [-0.25, -0.2) is 0 Å². The molecule has 0 aromatic heterocycles. The predicted molar refractivity (Wildman–Crippen MR) is 64.0 cm³/mol. The van der Waals surface area contributed by atoms with E-state index in [-0.39, 0.29) is 0 Å². The van der Waals surface area contributed by atoms with Gasteiger partial charge in [0.05, 0.1) is 0 Å². The molecule has 0 bridgehead atoms. The molecule has 0 amide bonds. The van der Waals surface area contributed by atoms with Gasteiger partial charge < -0.3 is 15.5 Å². The van der Waals surface area contributed by atoms with Crippen LogP contribution in [0.2, 0.25) is 0 Å². The fourth-order valence-corrected chi connectivity index (χ4v) is 3.12. The third kappa shape index (κ3) is 2.92. The third-order valence-electron chi connectivity index (χ3n) is 4.12. The van der Waals surface area contributed by atoms with Crippen LogP contribution in [0.25, 0.3) is 0 Å². The van der Waals surface area contributed by atoms with Crippen LogP contribution in [0.1, 0.15) is 19.3 Å². The minimum Gasteiger partial charge on any atom is -0.317 e. The maximum atomic E-state index is 3.54. The van der Waals surface area contributed by atoms with Crippen LogP contribution in [0.3, 0.4) is 0 Å². The van der Waals surface area contributed by atoms with Gasteiger partial charge in [0.15, 0.2) is 0 Å². The molecule has 2 saturated heterocycles. The van der Waals surface area contributed by atoms with E-state index in [0.717, 1.165) is 17.9 Å². The van der Waals surface area contributed by atoms with Gasteiger partial charge in [0.2, 0.25) is 0 Å². The fourth-order valence-electron chi connectivity index (χ4n) is 3.12. The van der Waals surface area contributed by atoms with E-state index in [9.17, 15) is 0 Å². The van der Waals surface area contributed by atoms with Gasteiger partial charge >= 0.3 is 0 Å². The molecule has 3 atom stereocenters. The SMILES string of the molecule is CNC(CC1CCNC1)C1CCN(C)C1. The minimum absolute atomic E-state index is 0.736. The first-order valence-corrected chi connectivity index (χ1v) is 6.36. The van der Waals surface area contributed by atoms with Gasteiger partial charge in [-0.05, 0) is 64.8 Å². The number of hydrogen-bond donors (Lipinski definition) is 2. The van der Waals surface area contributed by atoms with Crippen LogP contribution in [0, 0.1) is 11.8 Å². The van der Waals surface area contributed by atoms with Crippen molar-refractivity contribution in [2.75, 3.05) is 40.3 Å². The summed E-state index contributed by atoms with van der Waals surface area (Å²) in [5.74, 6) is 1.79. The first kappa shape index (κ1) is 11.4. The van der Waals surface area contributed by atoms with Crippen LogP contribution in [0.4, 0.5) is 0 Å². The van der Waals surface area contributed by atoms with Crippen molar-refractivity contribution in [2.45, 2.75) is 25.3 Å². The lowest BCUT2D eigenvalue weighted by atomic mass is 9.89. The quantitative estimate of drug-likeness (QED) is 0.710. The molecule has 0 saturated carbocycles. The fraction of sp³-hybridized carbons (Fsp3) is 1.00. The number of likely N-dealkylation sites (tertiary alicyclic amines) is 1. The summed E-state index contributed by atoms with van der Waals surface area (Å²) < 4.78 is 0. The molecule has 2 N–H and O–H groups in total. The Morgan fingerprint density at radius 1 is 1.47 bits per heavy atom. The molecular formula is C12H25N3. The monoisotopic (exact) mass is 211 g/mol. The van der Waals surface area contributed by atoms with Crippen LogP contribution in [-0.2, 0) is 0 Å². The van der Waals surface area contributed by atoms with E-state index < -0.39 is 0 Å². The Hall–Kier alpha value is -0.120. The Labute approximate surface area is 93.6 Å². The zero-order valence-corrected chi connectivity index (χ0v) is 10.1. The molecule has 0 spiro atoms. The summed E-state index contributed by atoms with van der Waals surface area (Å²) in [6.07, 6.45) is 4.12. The van der Waals surface area contributed by atoms with Gasteiger partial charge in [0.1, 0.15) is 0 Å². The summed E-state index contributed by atoms with van der Waals surface area (Å²) >= 11 is 0. The molecule has 2 aliphatic heterocycles. The average Bonchev–Trinajstić information content (AvgIpc) is 2.85. The van der Waals surface area contributed by atoms with Crippen molar-refractivity contribution >= 4 is 0 Å². The third-order valence-corrected chi connectivity index (χ3v) is 4.12. The highest BCUT2D eigenvalue weighted by Crippen LogP contribution is 2.24. The van der Waals surface area contributed by atoms with E-state index in [4.69, 9.17) is 0 Å². The van der Waals surface area contributed by atoms with Crippen molar-refractivity contribution in [1.29, 1.82) is 0 Å². The van der Waals surface area contributed by atoms with E-state index >= 15 is 0 Å². The molecule has 3 unspecified atom stereocenters. The lowest BCUT2D eigenvalue weighted by molar-refractivity contribution is 0.304. The molecule has 2 rings (SSSR count). The Morgan fingerprint density at radius 3 is 2.87 bits per heavy atom. The van der Waals surface area contributed by atoms with E-state index in [1.807, 2.05) is 0 Å². The molecule has 2 aliphatic rings. The van der Waals surface area contributed by atoms with Crippen molar-refractivity contribution in [3.05, 3.63) is 0 Å². The average molecular weight is 211 g/mol. The minimum atomic E-state index is 0.736. The highest BCUT2D eigenvalue weighted by Gasteiger charge is 2.29. The molecule has 2 fully saturated rings. The van der Waals surface area contributed by atoms with Crippen LogP contribution in [-0.4, -0.2) is 51.2 Å². The second-order valence-electron chi connectivity index (χ2n) is 5.30. The van der Waals surface area contributed by atoms with E-state index in [0.29, 0.717) is 0 Å². The summed E-state index contributed by atoms with van der Waals surface area (Å²) in [6.45, 7) is 5.03. The van der Waals surface area contributed by atoms with Crippen molar-refractivity contribution in [3.63, 3.8) is 0 Å². The van der Waals surface area contributed by atoms with Gasteiger partial charge in [-0.2, -0.15) is 0 Å². The Bertz CT molecular complexity index is 189. The molecule has 3 nitrogen and oxygen atoms in total. The topological polar surface area (TPSA) is 27.3 Å². The second-order valence-corrected chi connectivity index (χ2v) is 5.30. The summed E-state index contributed by atoms with van der Waals surface area (Å²) in [4.78, 5) is 2.46. The first-order valence-electron chi connectivity index (χ1n) is 6.36. The van der Waals surface area contributed by atoms with Gasteiger partial charge in [-0.15, -0.1) is 0 Å². The van der Waals surface area contributed by atoms with Crippen molar-refractivity contribution in [3.8, 4) is 0 Å². The van der Waals surface area contributed by atoms with Crippen LogP contribution >= 0.6 is 0 Å². The summed E-state index contributed by atoms with van der Waals surface area (Å²) in [5, 5.41) is 7.00. The Kier molecular flexibility index (Phi) is 4.00. The van der Waals surface area contributed by atoms with Crippen LogP contribution in [0.15, 0.2) is 0 Å². The normalized spacial score (nSPS) is 34.8. The number of nitrogens with zero attached hydrogens (tertiary/aromatic N) is 1. The van der Waals surface area contributed by atoms with Crippen molar-refractivity contribution in [1.82, 2.24) is 15.5 Å².